The van der Waals surface area contributed by atoms with E-state index in [0.29, 0.717) is 6.42 Å². The molecular formula is C29H35N3O6. The lowest BCUT2D eigenvalue weighted by Crippen LogP contribution is -2.51. The van der Waals surface area contributed by atoms with Crippen LogP contribution in [0, 0.1) is 5.92 Å². The Morgan fingerprint density at radius 2 is 1.55 bits per heavy atom. The number of fused-ring (bicyclic) bond motifs is 3. The predicted molar refractivity (Wildman–Crippen MR) is 142 cm³/mol. The molecule has 0 radical (unpaired) electrons. The van der Waals surface area contributed by atoms with Crippen LogP contribution in [0.15, 0.2) is 53.5 Å². The first kappa shape index (κ1) is 28.6. The molecule has 202 valence electrons. The third-order valence-corrected chi connectivity index (χ3v) is 5.96. The molecule has 2 aromatic rings. The van der Waals surface area contributed by atoms with Crippen molar-refractivity contribution in [3.63, 3.8) is 0 Å². The first-order valence-corrected chi connectivity index (χ1v) is 12.7. The van der Waals surface area contributed by atoms with E-state index in [0.717, 1.165) is 22.3 Å². The predicted octanol–water partition coefficient (Wildman–Crippen LogP) is 4.45. The van der Waals surface area contributed by atoms with E-state index in [9.17, 15) is 19.2 Å². The summed E-state index contributed by atoms with van der Waals surface area (Å²) >= 11 is 0. The largest absolute Gasteiger partial charge is 0.460 e. The van der Waals surface area contributed by atoms with Crippen molar-refractivity contribution in [2.45, 2.75) is 71.2 Å². The summed E-state index contributed by atoms with van der Waals surface area (Å²) in [5.41, 5.74) is 3.50. The first-order chi connectivity index (χ1) is 18.0. The molecular weight excluding hydrogens is 486 g/mol. The number of aliphatic imine (C=N–C) groups is 1. The summed E-state index contributed by atoms with van der Waals surface area (Å²) in [5, 5.41) is 5.09. The van der Waals surface area contributed by atoms with E-state index in [-0.39, 0.29) is 18.4 Å². The van der Waals surface area contributed by atoms with Gasteiger partial charge in [0.05, 0.1) is 6.42 Å². The van der Waals surface area contributed by atoms with Gasteiger partial charge in [0, 0.05) is 5.92 Å². The molecule has 2 N–H and O–H groups in total. The molecule has 0 spiro atoms. The summed E-state index contributed by atoms with van der Waals surface area (Å²) in [4.78, 5) is 52.9. The van der Waals surface area contributed by atoms with Crippen LogP contribution in [0.2, 0.25) is 0 Å². The molecule has 0 aliphatic heterocycles. The third-order valence-electron chi connectivity index (χ3n) is 5.96. The molecule has 1 aliphatic rings. The molecule has 0 saturated heterocycles. The van der Waals surface area contributed by atoms with Crippen LogP contribution in [0.5, 0.6) is 0 Å². The monoisotopic (exact) mass is 521 g/mol. The number of amides is 2. The van der Waals surface area contributed by atoms with Gasteiger partial charge in [-0.15, -0.1) is 0 Å². The average Bonchev–Trinajstić information content (AvgIpc) is 3.14. The lowest BCUT2D eigenvalue weighted by Gasteiger charge is -2.24. The van der Waals surface area contributed by atoms with Gasteiger partial charge >= 0.3 is 12.1 Å². The lowest BCUT2D eigenvalue weighted by molar-refractivity contribution is -0.156. The van der Waals surface area contributed by atoms with Crippen molar-refractivity contribution in [1.82, 2.24) is 10.6 Å². The summed E-state index contributed by atoms with van der Waals surface area (Å²) in [6, 6.07) is 14.6. The van der Waals surface area contributed by atoms with Crippen LogP contribution in [0.3, 0.4) is 0 Å². The molecule has 0 unspecified atom stereocenters. The first-order valence-electron chi connectivity index (χ1n) is 12.7. The zero-order valence-corrected chi connectivity index (χ0v) is 22.4. The lowest BCUT2D eigenvalue weighted by atomic mass is 9.98. The molecule has 2 atom stereocenters. The topological polar surface area (TPSA) is 123 Å². The van der Waals surface area contributed by atoms with Crippen LogP contribution in [0.4, 0.5) is 4.79 Å². The number of alkyl carbamates (subject to hydrolysis) is 1. The fourth-order valence-corrected chi connectivity index (χ4v) is 4.46. The number of ether oxygens (including phenoxy) is 2. The van der Waals surface area contributed by atoms with Gasteiger partial charge in [-0.05, 0) is 55.4 Å². The Kier molecular flexibility index (Phi) is 9.42. The normalized spacial score (nSPS) is 13.9. The van der Waals surface area contributed by atoms with Gasteiger partial charge in [0.15, 0.2) is 0 Å². The van der Waals surface area contributed by atoms with E-state index in [1.54, 1.807) is 20.8 Å². The quantitative estimate of drug-likeness (QED) is 0.271. The molecule has 38 heavy (non-hydrogen) atoms. The highest BCUT2D eigenvalue weighted by Gasteiger charge is 2.31. The number of isocyanates is 1. The molecule has 1 aliphatic carbocycles. The van der Waals surface area contributed by atoms with Crippen molar-refractivity contribution < 1.29 is 28.7 Å². The SMILES string of the molecule is CC(C)C[C@@H](N=C=O)NC(=O)[C@H](CC(=O)OC(C)(C)C)NC(=O)OCC1c2ccccc2-c2ccccc21. The number of benzene rings is 2. The number of rotatable bonds is 10. The summed E-state index contributed by atoms with van der Waals surface area (Å²) in [7, 11) is 0. The summed E-state index contributed by atoms with van der Waals surface area (Å²) in [6.45, 7) is 8.98. The second-order valence-corrected chi connectivity index (χ2v) is 10.7. The Balaban J connectivity index is 1.72. The second-order valence-electron chi connectivity index (χ2n) is 10.7. The van der Waals surface area contributed by atoms with Gasteiger partial charge in [-0.25, -0.2) is 9.59 Å². The van der Waals surface area contributed by atoms with E-state index in [1.807, 2.05) is 62.4 Å². The second kappa shape index (κ2) is 12.5. The number of carbonyl (C=O) groups is 3. The summed E-state index contributed by atoms with van der Waals surface area (Å²) < 4.78 is 10.9. The number of carbonyl (C=O) groups excluding carboxylic acids is 4. The molecule has 0 bridgehead atoms. The summed E-state index contributed by atoms with van der Waals surface area (Å²) in [5.74, 6) is -1.40. The van der Waals surface area contributed by atoms with Crippen molar-refractivity contribution >= 4 is 24.0 Å². The Bertz CT molecular complexity index is 1170. The van der Waals surface area contributed by atoms with Gasteiger partial charge < -0.3 is 20.1 Å². The molecule has 9 heteroatoms. The number of hydrogen-bond donors (Lipinski definition) is 2. The minimum atomic E-state index is -1.29. The van der Waals surface area contributed by atoms with Crippen molar-refractivity contribution in [2.75, 3.05) is 6.61 Å². The fourth-order valence-electron chi connectivity index (χ4n) is 4.46. The van der Waals surface area contributed by atoms with Gasteiger partial charge in [-0.2, -0.15) is 4.99 Å². The van der Waals surface area contributed by atoms with Crippen molar-refractivity contribution in [1.29, 1.82) is 0 Å². The van der Waals surface area contributed by atoms with Gasteiger partial charge in [-0.1, -0.05) is 62.4 Å². The van der Waals surface area contributed by atoms with Gasteiger partial charge in [-0.3, -0.25) is 9.59 Å². The molecule has 9 nitrogen and oxygen atoms in total. The number of esters is 1. The highest BCUT2D eigenvalue weighted by Crippen LogP contribution is 2.44. The van der Waals surface area contributed by atoms with Gasteiger partial charge in [0.25, 0.3) is 0 Å². The molecule has 0 fully saturated rings. The highest BCUT2D eigenvalue weighted by molar-refractivity contribution is 5.90. The number of hydrogen-bond acceptors (Lipinski definition) is 7. The van der Waals surface area contributed by atoms with Crippen molar-refractivity contribution in [2.24, 2.45) is 10.9 Å². The zero-order valence-electron chi connectivity index (χ0n) is 22.4. The van der Waals surface area contributed by atoms with Crippen LogP contribution >= 0.6 is 0 Å². The molecule has 2 aromatic carbocycles. The van der Waals surface area contributed by atoms with Crippen molar-refractivity contribution in [3.8, 4) is 11.1 Å². The molecule has 0 aromatic heterocycles. The van der Waals surface area contributed by atoms with Gasteiger partial charge in [0.1, 0.15) is 24.4 Å². The maximum atomic E-state index is 13.1. The fraction of sp³-hybridized carbons (Fsp3) is 0.448. The zero-order chi connectivity index (χ0) is 27.9. The summed E-state index contributed by atoms with van der Waals surface area (Å²) in [6.07, 6.45) is -0.284. The molecule has 2 amide bonds. The Labute approximate surface area is 223 Å². The molecule has 3 rings (SSSR count). The number of nitrogens with one attached hydrogen (secondary N) is 2. The van der Waals surface area contributed by atoms with E-state index < -0.39 is 42.2 Å². The minimum Gasteiger partial charge on any atom is -0.460 e. The van der Waals surface area contributed by atoms with Crippen LogP contribution in [-0.4, -0.2) is 48.5 Å². The maximum absolute atomic E-state index is 13.1. The van der Waals surface area contributed by atoms with Crippen molar-refractivity contribution in [3.05, 3.63) is 59.7 Å². The third kappa shape index (κ3) is 7.76. The van der Waals surface area contributed by atoms with Gasteiger partial charge in [0.2, 0.25) is 12.0 Å². The highest BCUT2D eigenvalue weighted by atomic mass is 16.6. The van der Waals surface area contributed by atoms with E-state index in [4.69, 9.17) is 9.47 Å². The average molecular weight is 522 g/mol. The van der Waals surface area contributed by atoms with Crippen LogP contribution in [0.25, 0.3) is 11.1 Å². The standard InChI is InChI=1S/C29H35N3O6/c1-18(2)14-25(30-17-33)32-27(35)24(15-26(34)38-29(3,4)5)31-28(36)37-16-23-21-12-8-6-10-19(21)20-11-7-9-13-22(20)23/h6-13,18,23-25H,14-16H2,1-5H3,(H,31,36)(H,32,35)/t24-,25-/m0/s1. The number of nitrogens with zero attached hydrogens (tertiary/aromatic N) is 1. The molecule has 0 saturated carbocycles. The van der Waals surface area contributed by atoms with E-state index in [1.165, 1.54) is 6.08 Å². The Morgan fingerprint density at radius 1 is 0.974 bits per heavy atom. The molecule has 0 heterocycles. The Morgan fingerprint density at radius 3 is 2.08 bits per heavy atom. The van der Waals surface area contributed by atoms with E-state index >= 15 is 0 Å². The van der Waals surface area contributed by atoms with Crippen LogP contribution in [0.1, 0.15) is 64.5 Å². The minimum absolute atomic E-state index is 0.0477. The van der Waals surface area contributed by atoms with Crippen LogP contribution in [-0.2, 0) is 23.9 Å². The van der Waals surface area contributed by atoms with E-state index in [2.05, 4.69) is 15.6 Å². The smallest absolute Gasteiger partial charge is 0.407 e. The van der Waals surface area contributed by atoms with Crippen LogP contribution < -0.4 is 10.6 Å². The maximum Gasteiger partial charge on any atom is 0.407 e. The Hall–Kier alpha value is -3.97.